The molecule has 1 aliphatic rings. The number of ether oxygens (including phenoxy) is 1. The highest BCUT2D eigenvalue weighted by molar-refractivity contribution is 9.10. The zero-order chi connectivity index (χ0) is 20.7. The van der Waals surface area contributed by atoms with Crippen LogP contribution in [0.2, 0.25) is 0 Å². The van der Waals surface area contributed by atoms with Crippen LogP contribution in [0, 0.1) is 0 Å². The highest BCUT2D eigenvalue weighted by Gasteiger charge is 2.42. The molecular weight excluding hydrogens is 432 g/mol. The van der Waals surface area contributed by atoms with Crippen molar-refractivity contribution >= 4 is 27.7 Å². The smallest absolute Gasteiger partial charge is 0.251 e. The minimum absolute atomic E-state index is 0.0709. The van der Waals surface area contributed by atoms with E-state index in [0.29, 0.717) is 25.1 Å². The molecule has 2 aromatic rings. The van der Waals surface area contributed by atoms with Crippen LogP contribution in [0.1, 0.15) is 48.0 Å². The Morgan fingerprint density at radius 2 is 1.76 bits per heavy atom. The third-order valence-corrected chi connectivity index (χ3v) is 6.02. The molecule has 0 radical (unpaired) electrons. The largest absolute Gasteiger partial charge is 0.497 e. The van der Waals surface area contributed by atoms with E-state index in [1.165, 1.54) is 0 Å². The second-order valence-electron chi connectivity index (χ2n) is 7.40. The predicted molar refractivity (Wildman–Crippen MR) is 117 cm³/mol. The molecule has 0 unspecified atom stereocenters. The second kappa shape index (κ2) is 9.92. The van der Waals surface area contributed by atoms with Gasteiger partial charge in [-0.2, -0.15) is 0 Å². The van der Waals surface area contributed by atoms with Crippen LogP contribution in [0.3, 0.4) is 0 Å². The molecule has 0 spiro atoms. The van der Waals surface area contributed by atoms with E-state index >= 15 is 0 Å². The fraction of sp³-hybridized carbons (Fsp3) is 0.391. The summed E-state index contributed by atoms with van der Waals surface area (Å²) in [7, 11) is 1.64. The Labute approximate surface area is 180 Å². The molecule has 3 rings (SSSR count). The zero-order valence-electron chi connectivity index (χ0n) is 16.7. The van der Waals surface area contributed by atoms with Gasteiger partial charge in [-0.25, -0.2) is 0 Å². The number of hydrogen-bond donors (Lipinski definition) is 2. The molecule has 0 aliphatic heterocycles. The van der Waals surface area contributed by atoms with Gasteiger partial charge in [0.1, 0.15) is 5.75 Å². The summed E-state index contributed by atoms with van der Waals surface area (Å²) in [6.07, 6.45) is 4.48. The SMILES string of the molecule is COc1cccc(C2(C(=O)NCCCNC(=O)c3cccc(Br)c3)CCCC2)c1. The molecule has 0 saturated heterocycles. The molecular formula is C23H27BrN2O3. The van der Waals surface area contributed by atoms with Gasteiger partial charge in [0.05, 0.1) is 12.5 Å². The fourth-order valence-corrected chi connectivity index (χ4v) is 4.34. The summed E-state index contributed by atoms with van der Waals surface area (Å²) in [6, 6.07) is 15.1. The number of nitrogens with one attached hydrogen (secondary N) is 2. The van der Waals surface area contributed by atoms with Crippen molar-refractivity contribution in [2.24, 2.45) is 0 Å². The molecule has 2 amide bonds. The van der Waals surface area contributed by atoms with Crippen molar-refractivity contribution in [2.75, 3.05) is 20.2 Å². The van der Waals surface area contributed by atoms with Crippen molar-refractivity contribution in [2.45, 2.75) is 37.5 Å². The molecule has 29 heavy (non-hydrogen) atoms. The van der Waals surface area contributed by atoms with Gasteiger partial charge < -0.3 is 15.4 Å². The number of benzene rings is 2. The third kappa shape index (κ3) is 5.18. The van der Waals surface area contributed by atoms with Gasteiger partial charge in [-0.3, -0.25) is 9.59 Å². The average Bonchev–Trinajstić information content (AvgIpc) is 3.24. The summed E-state index contributed by atoms with van der Waals surface area (Å²) >= 11 is 3.37. The maximum atomic E-state index is 13.1. The standard InChI is InChI=1S/C23H27BrN2O3/c1-29-20-10-5-8-18(16-20)23(11-2-3-12-23)22(28)26-14-6-13-25-21(27)17-7-4-9-19(24)15-17/h4-5,7-10,15-16H,2-3,6,11-14H2,1H3,(H,25,27)(H,26,28). The van der Waals surface area contributed by atoms with Crippen LogP contribution < -0.4 is 15.4 Å². The maximum Gasteiger partial charge on any atom is 0.251 e. The van der Waals surface area contributed by atoms with E-state index in [1.54, 1.807) is 19.2 Å². The third-order valence-electron chi connectivity index (χ3n) is 5.53. The van der Waals surface area contributed by atoms with E-state index < -0.39 is 5.41 Å². The van der Waals surface area contributed by atoms with E-state index in [-0.39, 0.29) is 11.8 Å². The van der Waals surface area contributed by atoms with Gasteiger partial charge >= 0.3 is 0 Å². The summed E-state index contributed by atoms with van der Waals surface area (Å²) in [5.74, 6) is 0.736. The molecule has 0 aromatic heterocycles. The number of carbonyl (C=O) groups excluding carboxylic acids is 2. The van der Waals surface area contributed by atoms with Gasteiger partial charge in [0.25, 0.3) is 5.91 Å². The Morgan fingerprint density at radius 3 is 2.48 bits per heavy atom. The summed E-state index contributed by atoms with van der Waals surface area (Å²) in [6.45, 7) is 1.04. The van der Waals surface area contributed by atoms with Crippen molar-refractivity contribution in [3.05, 3.63) is 64.1 Å². The lowest BCUT2D eigenvalue weighted by Crippen LogP contribution is -2.43. The molecule has 2 aromatic carbocycles. The molecule has 1 fully saturated rings. The first-order valence-corrected chi connectivity index (χ1v) is 10.8. The topological polar surface area (TPSA) is 67.4 Å². The first kappa shape index (κ1) is 21.4. The number of halogens is 1. The first-order valence-electron chi connectivity index (χ1n) is 10.0. The highest BCUT2D eigenvalue weighted by Crippen LogP contribution is 2.42. The van der Waals surface area contributed by atoms with Crippen LogP contribution in [0.5, 0.6) is 5.75 Å². The Bertz CT molecular complexity index is 863. The number of methoxy groups -OCH3 is 1. The second-order valence-corrected chi connectivity index (χ2v) is 8.31. The minimum Gasteiger partial charge on any atom is -0.497 e. The summed E-state index contributed by atoms with van der Waals surface area (Å²) in [5.41, 5.74) is 1.16. The number of amides is 2. The van der Waals surface area contributed by atoms with Crippen LogP contribution in [-0.2, 0) is 10.2 Å². The van der Waals surface area contributed by atoms with E-state index in [2.05, 4.69) is 26.6 Å². The first-order chi connectivity index (χ1) is 14.0. The fourth-order valence-electron chi connectivity index (χ4n) is 3.94. The minimum atomic E-state index is -0.478. The van der Waals surface area contributed by atoms with Gasteiger partial charge in [0.2, 0.25) is 5.91 Å². The Balaban J connectivity index is 1.51. The Hall–Kier alpha value is -2.34. The Kier molecular flexibility index (Phi) is 7.31. The van der Waals surface area contributed by atoms with E-state index in [4.69, 9.17) is 4.74 Å². The quantitative estimate of drug-likeness (QED) is 0.582. The lowest BCUT2D eigenvalue weighted by molar-refractivity contribution is -0.126. The van der Waals surface area contributed by atoms with Crippen LogP contribution >= 0.6 is 15.9 Å². The summed E-state index contributed by atoms with van der Waals surface area (Å²) in [5, 5.41) is 5.98. The molecule has 154 valence electrons. The zero-order valence-corrected chi connectivity index (χ0v) is 18.3. The van der Waals surface area contributed by atoms with Gasteiger partial charge in [-0.15, -0.1) is 0 Å². The molecule has 6 heteroatoms. The van der Waals surface area contributed by atoms with Crippen LogP contribution in [-0.4, -0.2) is 32.0 Å². The summed E-state index contributed by atoms with van der Waals surface area (Å²) < 4.78 is 6.22. The van der Waals surface area contributed by atoms with Crippen LogP contribution in [0.25, 0.3) is 0 Å². The van der Waals surface area contributed by atoms with Crippen LogP contribution in [0.15, 0.2) is 53.0 Å². The van der Waals surface area contributed by atoms with Crippen molar-refractivity contribution in [3.63, 3.8) is 0 Å². The molecule has 1 aliphatic carbocycles. The van der Waals surface area contributed by atoms with Gasteiger partial charge in [0.15, 0.2) is 0 Å². The van der Waals surface area contributed by atoms with Crippen molar-refractivity contribution < 1.29 is 14.3 Å². The van der Waals surface area contributed by atoms with E-state index in [9.17, 15) is 9.59 Å². The van der Waals surface area contributed by atoms with Crippen LogP contribution in [0.4, 0.5) is 0 Å². The molecule has 2 N–H and O–H groups in total. The molecule has 0 heterocycles. The molecule has 5 nitrogen and oxygen atoms in total. The van der Waals surface area contributed by atoms with Gasteiger partial charge in [-0.05, 0) is 55.2 Å². The number of rotatable bonds is 8. The average molecular weight is 459 g/mol. The number of carbonyl (C=O) groups is 2. The molecule has 1 saturated carbocycles. The van der Waals surface area contributed by atoms with Crippen molar-refractivity contribution in [3.8, 4) is 5.75 Å². The van der Waals surface area contributed by atoms with Crippen molar-refractivity contribution in [1.29, 1.82) is 0 Å². The molecule has 0 atom stereocenters. The van der Waals surface area contributed by atoms with E-state index in [1.807, 2.05) is 36.4 Å². The maximum absolute atomic E-state index is 13.1. The van der Waals surface area contributed by atoms with Crippen molar-refractivity contribution in [1.82, 2.24) is 10.6 Å². The predicted octanol–water partition coefficient (Wildman–Crippen LogP) is 4.21. The molecule has 0 bridgehead atoms. The Morgan fingerprint density at radius 1 is 1.03 bits per heavy atom. The lowest BCUT2D eigenvalue weighted by Gasteiger charge is -2.28. The lowest BCUT2D eigenvalue weighted by atomic mass is 9.78. The van der Waals surface area contributed by atoms with E-state index in [0.717, 1.165) is 41.5 Å². The monoisotopic (exact) mass is 458 g/mol. The van der Waals surface area contributed by atoms with Gasteiger partial charge in [-0.1, -0.05) is 47.0 Å². The summed E-state index contributed by atoms with van der Waals surface area (Å²) in [4.78, 5) is 25.2. The highest BCUT2D eigenvalue weighted by atomic mass is 79.9. The normalized spacial score (nSPS) is 15.0. The number of hydrogen-bond acceptors (Lipinski definition) is 3. The van der Waals surface area contributed by atoms with Gasteiger partial charge in [0, 0.05) is 23.1 Å².